The van der Waals surface area contributed by atoms with Gasteiger partial charge in [0.2, 0.25) is 0 Å². The van der Waals surface area contributed by atoms with E-state index >= 15 is 0 Å². The van der Waals surface area contributed by atoms with Gasteiger partial charge in [-0.25, -0.2) is 4.39 Å². The van der Waals surface area contributed by atoms with E-state index in [1.165, 1.54) is 12.1 Å². The Bertz CT molecular complexity index is 630. The first-order valence-corrected chi connectivity index (χ1v) is 7.23. The SMILES string of the molecule is CNC(C)c1ccc(C)cc1OCc1cc(Cl)ccc1F. The number of hydrogen-bond donors (Lipinski definition) is 1. The van der Waals surface area contributed by atoms with Crippen molar-refractivity contribution >= 4 is 11.6 Å². The second-order valence-electron chi connectivity index (χ2n) is 5.08. The van der Waals surface area contributed by atoms with E-state index in [-0.39, 0.29) is 18.5 Å². The van der Waals surface area contributed by atoms with Crippen LogP contribution < -0.4 is 10.1 Å². The summed E-state index contributed by atoms with van der Waals surface area (Å²) in [5.41, 5.74) is 2.60. The van der Waals surface area contributed by atoms with E-state index in [0.29, 0.717) is 10.6 Å². The first-order valence-electron chi connectivity index (χ1n) is 6.86. The molecule has 0 fully saturated rings. The van der Waals surface area contributed by atoms with Crippen LogP contribution in [0, 0.1) is 12.7 Å². The molecule has 0 spiro atoms. The van der Waals surface area contributed by atoms with Crippen LogP contribution in [0.5, 0.6) is 5.75 Å². The average Bonchev–Trinajstić information content (AvgIpc) is 2.47. The predicted octanol–water partition coefficient (Wildman–Crippen LogP) is 4.65. The maximum atomic E-state index is 13.7. The van der Waals surface area contributed by atoms with Crippen LogP contribution in [-0.2, 0) is 6.61 Å². The molecule has 0 bridgehead atoms. The maximum absolute atomic E-state index is 13.7. The summed E-state index contributed by atoms with van der Waals surface area (Å²) in [6, 6.07) is 10.7. The van der Waals surface area contributed by atoms with E-state index in [9.17, 15) is 4.39 Å². The van der Waals surface area contributed by atoms with Crippen LogP contribution >= 0.6 is 11.6 Å². The monoisotopic (exact) mass is 307 g/mol. The molecule has 0 aliphatic heterocycles. The fraction of sp³-hybridized carbons (Fsp3) is 0.294. The topological polar surface area (TPSA) is 21.3 Å². The van der Waals surface area contributed by atoms with Gasteiger partial charge in [-0.3, -0.25) is 0 Å². The third kappa shape index (κ3) is 3.96. The number of ether oxygens (including phenoxy) is 1. The van der Waals surface area contributed by atoms with Crippen molar-refractivity contribution in [3.05, 3.63) is 63.9 Å². The van der Waals surface area contributed by atoms with Gasteiger partial charge < -0.3 is 10.1 Å². The second kappa shape index (κ2) is 6.92. The van der Waals surface area contributed by atoms with Crippen molar-refractivity contribution in [2.24, 2.45) is 0 Å². The van der Waals surface area contributed by atoms with Gasteiger partial charge in [0.05, 0.1) is 0 Å². The van der Waals surface area contributed by atoms with Gasteiger partial charge in [0, 0.05) is 22.2 Å². The first kappa shape index (κ1) is 15.8. The van der Waals surface area contributed by atoms with E-state index in [0.717, 1.165) is 16.9 Å². The molecule has 1 N–H and O–H groups in total. The Morgan fingerprint density at radius 2 is 2.00 bits per heavy atom. The zero-order chi connectivity index (χ0) is 15.4. The third-order valence-corrected chi connectivity index (χ3v) is 3.69. The molecule has 0 heterocycles. The molecule has 0 saturated carbocycles. The Kier molecular flexibility index (Phi) is 5.21. The summed E-state index contributed by atoms with van der Waals surface area (Å²) in [7, 11) is 1.89. The number of aryl methyl sites for hydroxylation is 1. The Balaban J connectivity index is 2.23. The zero-order valence-corrected chi connectivity index (χ0v) is 13.2. The molecule has 112 valence electrons. The van der Waals surface area contributed by atoms with Crippen molar-refractivity contribution in [1.29, 1.82) is 0 Å². The van der Waals surface area contributed by atoms with Gasteiger partial charge in [0.15, 0.2) is 0 Å². The van der Waals surface area contributed by atoms with Gasteiger partial charge >= 0.3 is 0 Å². The fourth-order valence-electron chi connectivity index (χ4n) is 2.09. The molecule has 2 aromatic carbocycles. The van der Waals surface area contributed by atoms with Crippen LogP contribution in [0.15, 0.2) is 36.4 Å². The third-order valence-electron chi connectivity index (χ3n) is 3.46. The number of hydrogen-bond acceptors (Lipinski definition) is 2. The summed E-state index contributed by atoms with van der Waals surface area (Å²) in [5, 5.41) is 3.69. The Morgan fingerprint density at radius 1 is 1.24 bits per heavy atom. The maximum Gasteiger partial charge on any atom is 0.129 e. The number of nitrogens with one attached hydrogen (secondary N) is 1. The lowest BCUT2D eigenvalue weighted by molar-refractivity contribution is 0.294. The molecular weight excluding hydrogens is 289 g/mol. The summed E-state index contributed by atoms with van der Waals surface area (Å²) in [6.07, 6.45) is 0. The Morgan fingerprint density at radius 3 is 2.71 bits per heavy atom. The van der Waals surface area contributed by atoms with E-state index in [4.69, 9.17) is 16.3 Å². The van der Waals surface area contributed by atoms with E-state index in [2.05, 4.69) is 12.2 Å². The van der Waals surface area contributed by atoms with Crippen LogP contribution in [0.1, 0.15) is 29.7 Å². The van der Waals surface area contributed by atoms with E-state index < -0.39 is 0 Å². The molecule has 0 aliphatic rings. The highest BCUT2D eigenvalue weighted by molar-refractivity contribution is 6.30. The van der Waals surface area contributed by atoms with Crippen LogP contribution in [0.3, 0.4) is 0 Å². The highest BCUT2D eigenvalue weighted by Gasteiger charge is 2.11. The molecule has 2 nitrogen and oxygen atoms in total. The molecule has 0 aliphatic carbocycles. The zero-order valence-electron chi connectivity index (χ0n) is 12.4. The lowest BCUT2D eigenvalue weighted by atomic mass is 10.1. The Hall–Kier alpha value is -1.58. The normalized spacial score (nSPS) is 12.2. The minimum atomic E-state index is -0.310. The van der Waals surface area contributed by atoms with Gasteiger partial charge in [0.25, 0.3) is 0 Å². The smallest absolute Gasteiger partial charge is 0.129 e. The van der Waals surface area contributed by atoms with E-state index in [1.54, 1.807) is 6.07 Å². The summed E-state index contributed by atoms with van der Waals surface area (Å²) in [6.45, 7) is 4.21. The van der Waals surface area contributed by atoms with Crippen LogP contribution in [-0.4, -0.2) is 7.05 Å². The van der Waals surface area contributed by atoms with Crippen LogP contribution in [0.4, 0.5) is 4.39 Å². The number of benzene rings is 2. The van der Waals surface area contributed by atoms with Crippen molar-refractivity contribution in [2.75, 3.05) is 7.05 Å². The van der Waals surface area contributed by atoms with Gasteiger partial charge in [0.1, 0.15) is 18.2 Å². The molecule has 2 aromatic rings. The lowest BCUT2D eigenvalue weighted by Crippen LogP contribution is -2.14. The van der Waals surface area contributed by atoms with Crippen molar-refractivity contribution in [3.63, 3.8) is 0 Å². The lowest BCUT2D eigenvalue weighted by Gasteiger charge is -2.17. The summed E-state index contributed by atoms with van der Waals surface area (Å²) in [5.74, 6) is 0.450. The number of halogens is 2. The Labute approximate surface area is 129 Å². The van der Waals surface area contributed by atoms with Crippen molar-refractivity contribution in [3.8, 4) is 5.75 Å². The van der Waals surface area contributed by atoms with Gasteiger partial charge in [-0.05, 0) is 50.7 Å². The van der Waals surface area contributed by atoms with E-state index in [1.807, 2.05) is 32.2 Å². The van der Waals surface area contributed by atoms with Crippen molar-refractivity contribution in [2.45, 2.75) is 26.5 Å². The molecule has 2 rings (SSSR count). The molecule has 0 aromatic heterocycles. The fourth-order valence-corrected chi connectivity index (χ4v) is 2.28. The van der Waals surface area contributed by atoms with Gasteiger partial charge in [-0.2, -0.15) is 0 Å². The van der Waals surface area contributed by atoms with Gasteiger partial charge in [-0.15, -0.1) is 0 Å². The van der Waals surface area contributed by atoms with Crippen molar-refractivity contribution in [1.82, 2.24) is 5.32 Å². The number of rotatable bonds is 5. The minimum Gasteiger partial charge on any atom is -0.488 e. The molecule has 0 radical (unpaired) electrons. The largest absolute Gasteiger partial charge is 0.488 e. The molecule has 4 heteroatoms. The molecule has 1 atom stereocenters. The molecule has 21 heavy (non-hydrogen) atoms. The standard InChI is InChI=1S/C17H19ClFNO/c1-11-4-6-15(12(2)20-3)17(8-11)21-10-13-9-14(18)5-7-16(13)19/h4-9,12,20H,10H2,1-3H3. The summed E-state index contributed by atoms with van der Waals surface area (Å²) < 4.78 is 19.6. The quantitative estimate of drug-likeness (QED) is 0.868. The molecule has 1 unspecified atom stereocenters. The average molecular weight is 308 g/mol. The highest BCUT2D eigenvalue weighted by atomic mass is 35.5. The molecule has 0 amide bonds. The second-order valence-corrected chi connectivity index (χ2v) is 5.51. The van der Waals surface area contributed by atoms with Crippen LogP contribution in [0.2, 0.25) is 5.02 Å². The summed E-state index contributed by atoms with van der Waals surface area (Å²) >= 11 is 5.90. The molecule has 0 saturated heterocycles. The predicted molar refractivity (Wildman–Crippen MR) is 84.4 cm³/mol. The first-order chi connectivity index (χ1) is 10.0. The molecular formula is C17H19ClFNO. The minimum absolute atomic E-state index is 0.152. The van der Waals surface area contributed by atoms with Gasteiger partial charge in [-0.1, -0.05) is 23.7 Å². The summed E-state index contributed by atoms with van der Waals surface area (Å²) in [4.78, 5) is 0. The highest BCUT2D eigenvalue weighted by Crippen LogP contribution is 2.27. The van der Waals surface area contributed by atoms with Crippen LogP contribution in [0.25, 0.3) is 0 Å². The van der Waals surface area contributed by atoms with Crippen molar-refractivity contribution < 1.29 is 9.13 Å².